The van der Waals surface area contributed by atoms with Gasteiger partial charge >= 0.3 is 5.97 Å². The lowest BCUT2D eigenvalue weighted by Gasteiger charge is -2.20. The molecule has 0 amide bonds. The number of ether oxygens (including phenoxy) is 2. The molecule has 0 aliphatic carbocycles. The van der Waals surface area contributed by atoms with Crippen molar-refractivity contribution in [1.82, 2.24) is 9.97 Å². The van der Waals surface area contributed by atoms with E-state index in [0.29, 0.717) is 16.7 Å². The number of methoxy groups -OCH3 is 2. The molecular weight excluding hydrogens is 268 g/mol. The molecule has 0 aliphatic rings. The minimum absolute atomic E-state index is 0.138. The molecule has 0 bridgehead atoms. The summed E-state index contributed by atoms with van der Waals surface area (Å²) in [6.07, 6.45) is 1.83. The van der Waals surface area contributed by atoms with E-state index in [1.165, 1.54) is 26.0 Å². The monoisotopic (exact) mass is 286 g/mol. The zero-order valence-corrected chi connectivity index (χ0v) is 12.2. The SMILES string of the molecule is COC(=O)C(c1cc(OC)nc(SC)n1)C(C)CO. The Morgan fingerprint density at radius 1 is 1.47 bits per heavy atom. The van der Waals surface area contributed by atoms with Gasteiger partial charge in [-0.15, -0.1) is 0 Å². The van der Waals surface area contributed by atoms with Gasteiger partial charge < -0.3 is 14.6 Å². The van der Waals surface area contributed by atoms with Crippen LogP contribution in [0.25, 0.3) is 0 Å². The maximum Gasteiger partial charge on any atom is 0.315 e. The normalized spacial score (nSPS) is 13.7. The summed E-state index contributed by atoms with van der Waals surface area (Å²) in [5, 5.41) is 9.78. The number of thioether (sulfide) groups is 1. The molecule has 0 spiro atoms. The number of hydrogen-bond donors (Lipinski definition) is 1. The number of esters is 1. The van der Waals surface area contributed by atoms with Crippen LogP contribution in [0.4, 0.5) is 0 Å². The second kappa shape index (κ2) is 7.30. The van der Waals surface area contributed by atoms with Crippen molar-refractivity contribution in [3.05, 3.63) is 11.8 Å². The van der Waals surface area contributed by atoms with Gasteiger partial charge in [0, 0.05) is 12.7 Å². The molecule has 1 rings (SSSR count). The molecule has 0 aliphatic heterocycles. The third-order valence-corrected chi connectivity index (χ3v) is 3.27. The third kappa shape index (κ3) is 3.81. The van der Waals surface area contributed by atoms with Gasteiger partial charge in [-0.3, -0.25) is 4.79 Å². The van der Waals surface area contributed by atoms with Gasteiger partial charge in [0.05, 0.1) is 19.9 Å². The quantitative estimate of drug-likeness (QED) is 0.476. The number of rotatable bonds is 6. The Hall–Kier alpha value is -1.34. The zero-order chi connectivity index (χ0) is 14.4. The van der Waals surface area contributed by atoms with Crippen molar-refractivity contribution in [3.63, 3.8) is 0 Å². The fraction of sp³-hybridized carbons (Fsp3) is 0.583. The van der Waals surface area contributed by atoms with Crippen molar-refractivity contribution in [2.24, 2.45) is 5.92 Å². The van der Waals surface area contributed by atoms with Crippen LogP contribution in [0.1, 0.15) is 18.5 Å². The van der Waals surface area contributed by atoms with E-state index in [-0.39, 0.29) is 12.5 Å². The Bertz CT molecular complexity index is 419. The summed E-state index contributed by atoms with van der Waals surface area (Å²) in [5.41, 5.74) is 0.490. The molecule has 6 nitrogen and oxygen atoms in total. The predicted octanol–water partition coefficient (Wildman–Crippen LogP) is 1.09. The molecule has 0 radical (unpaired) electrons. The Labute approximate surface area is 116 Å². The average molecular weight is 286 g/mol. The predicted molar refractivity (Wildman–Crippen MR) is 71.4 cm³/mol. The first kappa shape index (κ1) is 15.7. The number of carbonyl (C=O) groups is 1. The van der Waals surface area contributed by atoms with Gasteiger partial charge in [-0.1, -0.05) is 18.7 Å². The molecule has 106 valence electrons. The second-order valence-electron chi connectivity index (χ2n) is 3.98. The lowest BCUT2D eigenvalue weighted by atomic mass is 9.91. The van der Waals surface area contributed by atoms with Crippen LogP contribution in [0.5, 0.6) is 5.88 Å². The molecule has 1 N–H and O–H groups in total. The zero-order valence-electron chi connectivity index (χ0n) is 11.4. The molecule has 2 atom stereocenters. The van der Waals surface area contributed by atoms with Crippen LogP contribution in [-0.4, -0.2) is 48.1 Å². The van der Waals surface area contributed by atoms with Crippen molar-refractivity contribution in [3.8, 4) is 5.88 Å². The smallest absolute Gasteiger partial charge is 0.315 e. The first-order valence-corrected chi connectivity index (χ1v) is 6.95. The van der Waals surface area contributed by atoms with E-state index in [4.69, 9.17) is 9.47 Å². The molecule has 1 aromatic heterocycles. The van der Waals surface area contributed by atoms with Crippen LogP contribution in [0.15, 0.2) is 11.2 Å². The van der Waals surface area contributed by atoms with Gasteiger partial charge in [-0.25, -0.2) is 4.98 Å². The van der Waals surface area contributed by atoms with Crippen LogP contribution in [0.3, 0.4) is 0 Å². The van der Waals surface area contributed by atoms with Crippen LogP contribution in [0.2, 0.25) is 0 Å². The second-order valence-corrected chi connectivity index (χ2v) is 4.76. The van der Waals surface area contributed by atoms with Crippen LogP contribution >= 0.6 is 11.8 Å². The lowest BCUT2D eigenvalue weighted by Crippen LogP contribution is -2.25. The third-order valence-electron chi connectivity index (χ3n) is 2.72. The highest BCUT2D eigenvalue weighted by Gasteiger charge is 2.30. The lowest BCUT2D eigenvalue weighted by molar-refractivity contribution is -0.144. The van der Waals surface area contributed by atoms with Gasteiger partial charge in [-0.2, -0.15) is 4.98 Å². The van der Waals surface area contributed by atoms with Crippen molar-refractivity contribution < 1.29 is 19.4 Å². The van der Waals surface area contributed by atoms with E-state index >= 15 is 0 Å². The van der Waals surface area contributed by atoms with E-state index in [0.717, 1.165) is 0 Å². The van der Waals surface area contributed by atoms with E-state index in [1.807, 2.05) is 6.26 Å². The van der Waals surface area contributed by atoms with Gasteiger partial charge in [0.1, 0.15) is 5.92 Å². The molecule has 7 heteroatoms. The summed E-state index contributed by atoms with van der Waals surface area (Å²) in [4.78, 5) is 20.3. The summed E-state index contributed by atoms with van der Waals surface area (Å²) in [6, 6.07) is 1.59. The van der Waals surface area contributed by atoms with Crippen molar-refractivity contribution in [2.75, 3.05) is 27.1 Å². The topological polar surface area (TPSA) is 81.5 Å². The van der Waals surface area contributed by atoms with Gasteiger partial charge in [-0.05, 0) is 12.2 Å². The molecule has 2 unspecified atom stereocenters. The first-order chi connectivity index (χ1) is 9.07. The Kier molecular flexibility index (Phi) is 6.04. The van der Waals surface area contributed by atoms with Gasteiger partial charge in [0.25, 0.3) is 0 Å². The number of nitrogens with zero attached hydrogens (tertiary/aromatic N) is 2. The summed E-state index contributed by atoms with van der Waals surface area (Å²) in [6.45, 7) is 1.62. The highest BCUT2D eigenvalue weighted by Crippen LogP contribution is 2.28. The van der Waals surface area contributed by atoms with Crippen LogP contribution in [-0.2, 0) is 9.53 Å². The highest BCUT2D eigenvalue weighted by molar-refractivity contribution is 7.98. The largest absolute Gasteiger partial charge is 0.481 e. The van der Waals surface area contributed by atoms with E-state index < -0.39 is 11.9 Å². The van der Waals surface area contributed by atoms with Gasteiger partial charge in [0.15, 0.2) is 5.16 Å². The molecule has 0 fully saturated rings. The minimum Gasteiger partial charge on any atom is -0.481 e. The molecule has 19 heavy (non-hydrogen) atoms. The Balaban J connectivity index is 3.24. The molecule has 0 saturated carbocycles. The van der Waals surface area contributed by atoms with E-state index in [9.17, 15) is 9.90 Å². The van der Waals surface area contributed by atoms with Crippen molar-refractivity contribution >= 4 is 17.7 Å². The average Bonchev–Trinajstić information content (AvgIpc) is 2.46. The number of aliphatic hydroxyl groups excluding tert-OH is 1. The number of aromatic nitrogens is 2. The maximum absolute atomic E-state index is 11.9. The molecular formula is C12H18N2O4S. The Morgan fingerprint density at radius 3 is 2.63 bits per heavy atom. The molecule has 1 heterocycles. The number of aliphatic hydroxyl groups is 1. The minimum atomic E-state index is -0.641. The molecule has 0 saturated heterocycles. The standard InChI is InChI=1S/C12H18N2O4S/c1-7(6-15)10(11(16)18-3)8-5-9(17-2)14-12(13-8)19-4/h5,7,10,15H,6H2,1-4H3. The van der Waals surface area contributed by atoms with Crippen LogP contribution < -0.4 is 4.74 Å². The summed E-state index contributed by atoms with van der Waals surface area (Å²) < 4.78 is 9.87. The maximum atomic E-state index is 11.9. The molecule has 0 aromatic carbocycles. The number of hydrogen-bond acceptors (Lipinski definition) is 7. The summed E-state index contributed by atoms with van der Waals surface area (Å²) in [5.74, 6) is -0.998. The van der Waals surface area contributed by atoms with E-state index in [2.05, 4.69) is 9.97 Å². The van der Waals surface area contributed by atoms with Crippen LogP contribution in [0, 0.1) is 5.92 Å². The Morgan fingerprint density at radius 2 is 2.16 bits per heavy atom. The first-order valence-electron chi connectivity index (χ1n) is 5.73. The molecule has 1 aromatic rings. The fourth-order valence-corrected chi connectivity index (χ4v) is 2.03. The van der Waals surface area contributed by atoms with Gasteiger partial charge in [0.2, 0.25) is 5.88 Å². The van der Waals surface area contributed by atoms with Crippen molar-refractivity contribution in [1.29, 1.82) is 0 Å². The highest BCUT2D eigenvalue weighted by atomic mass is 32.2. The van der Waals surface area contributed by atoms with Crippen molar-refractivity contribution in [2.45, 2.75) is 18.0 Å². The van der Waals surface area contributed by atoms with E-state index in [1.54, 1.807) is 13.0 Å². The fourth-order valence-electron chi connectivity index (χ4n) is 1.65. The summed E-state index contributed by atoms with van der Waals surface area (Å²) in [7, 11) is 2.81. The summed E-state index contributed by atoms with van der Waals surface area (Å²) >= 11 is 1.35. The number of carbonyl (C=O) groups excluding carboxylic acids is 1.